The fourth-order valence-electron chi connectivity index (χ4n) is 2.40. The maximum absolute atomic E-state index is 12.2. The normalized spacial score (nSPS) is 18.9. The zero-order valence-corrected chi connectivity index (χ0v) is 12.5. The van der Waals surface area contributed by atoms with Gasteiger partial charge >= 0.3 is 0 Å². The Hall–Kier alpha value is -1.35. The summed E-state index contributed by atoms with van der Waals surface area (Å²) in [6.45, 7) is 5.05. The van der Waals surface area contributed by atoms with Crippen molar-refractivity contribution in [3.8, 4) is 11.5 Å². The molecule has 0 spiro atoms. The van der Waals surface area contributed by atoms with Crippen molar-refractivity contribution in [2.45, 2.75) is 4.90 Å². The van der Waals surface area contributed by atoms with Crippen LogP contribution < -0.4 is 19.5 Å². The average Bonchev–Trinajstić information content (AvgIpc) is 2.95. The van der Waals surface area contributed by atoms with Crippen molar-refractivity contribution in [1.29, 1.82) is 0 Å². The fourth-order valence-corrected chi connectivity index (χ4v) is 3.44. The van der Waals surface area contributed by atoms with E-state index < -0.39 is 10.0 Å². The number of benzene rings is 1. The molecule has 0 aliphatic carbocycles. The van der Waals surface area contributed by atoms with E-state index in [1.165, 1.54) is 12.1 Å². The molecule has 21 heavy (non-hydrogen) atoms. The Morgan fingerprint density at radius 3 is 2.76 bits per heavy atom. The second-order valence-corrected chi connectivity index (χ2v) is 6.77. The van der Waals surface area contributed by atoms with E-state index >= 15 is 0 Å². The Bertz CT molecular complexity index is 599. The minimum atomic E-state index is -3.51. The standard InChI is InChI=1S/C13H19N3O4S/c17-21(18,15-5-8-16-6-3-14-4-7-16)11-1-2-12-13(9-11)20-10-19-12/h1-2,9,14-15H,3-8,10H2. The molecule has 2 heterocycles. The summed E-state index contributed by atoms with van der Waals surface area (Å²) in [7, 11) is -3.51. The molecule has 3 rings (SSSR count). The van der Waals surface area contributed by atoms with Crippen LogP contribution in [0.4, 0.5) is 0 Å². The fraction of sp³-hybridized carbons (Fsp3) is 0.538. The maximum atomic E-state index is 12.2. The van der Waals surface area contributed by atoms with E-state index in [1.807, 2.05) is 0 Å². The Labute approximate surface area is 124 Å². The molecule has 1 aromatic rings. The van der Waals surface area contributed by atoms with Crippen molar-refractivity contribution < 1.29 is 17.9 Å². The van der Waals surface area contributed by atoms with Crippen LogP contribution in [0.25, 0.3) is 0 Å². The summed E-state index contributed by atoms with van der Waals surface area (Å²) in [6.07, 6.45) is 0. The van der Waals surface area contributed by atoms with E-state index in [-0.39, 0.29) is 11.7 Å². The van der Waals surface area contributed by atoms with Crippen LogP contribution in [0.15, 0.2) is 23.1 Å². The number of nitrogens with one attached hydrogen (secondary N) is 2. The van der Waals surface area contributed by atoms with Gasteiger partial charge < -0.3 is 14.8 Å². The van der Waals surface area contributed by atoms with Gasteiger partial charge in [0.25, 0.3) is 0 Å². The highest BCUT2D eigenvalue weighted by Crippen LogP contribution is 2.33. The van der Waals surface area contributed by atoms with Crippen LogP contribution >= 0.6 is 0 Å². The topological polar surface area (TPSA) is 79.9 Å². The molecule has 116 valence electrons. The molecule has 2 aliphatic heterocycles. The Kier molecular flexibility index (Phi) is 4.29. The zero-order chi connectivity index (χ0) is 14.7. The van der Waals surface area contributed by atoms with E-state index in [2.05, 4.69) is 14.9 Å². The SMILES string of the molecule is O=S(=O)(NCCN1CCNCC1)c1ccc2c(c1)OCO2. The molecule has 0 radical (unpaired) electrons. The van der Waals surface area contributed by atoms with Crippen molar-refractivity contribution in [3.05, 3.63) is 18.2 Å². The van der Waals surface area contributed by atoms with Crippen LogP contribution in [0.2, 0.25) is 0 Å². The van der Waals surface area contributed by atoms with Gasteiger partial charge in [0.1, 0.15) is 0 Å². The first-order valence-electron chi connectivity index (χ1n) is 6.97. The van der Waals surface area contributed by atoms with Crippen molar-refractivity contribution in [2.24, 2.45) is 0 Å². The molecular weight excluding hydrogens is 294 g/mol. The summed E-state index contributed by atoms with van der Waals surface area (Å²) in [5, 5.41) is 3.27. The molecule has 1 saturated heterocycles. The Morgan fingerprint density at radius 1 is 1.19 bits per heavy atom. The predicted octanol–water partition coefficient (Wildman–Crippen LogP) is -0.401. The van der Waals surface area contributed by atoms with E-state index in [9.17, 15) is 8.42 Å². The third kappa shape index (κ3) is 3.46. The highest BCUT2D eigenvalue weighted by Gasteiger charge is 2.20. The van der Waals surface area contributed by atoms with Gasteiger partial charge in [0.15, 0.2) is 11.5 Å². The summed E-state index contributed by atoms with van der Waals surface area (Å²) in [4.78, 5) is 2.44. The number of fused-ring (bicyclic) bond motifs is 1. The van der Waals surface area contributed by atoms with Crippen molar-refractivity contribution in [2.75, 3.05) is 46.1 Å². The smallest absolute Gasteiger partial charge is 0.240 e. The largest absolute Gasteiger partial charge is 0.454 e. The molecule has 1 fully saturated rings. The van der Waals surface area contributed by atoms with Gasteiger partial charge in [-0.25, -0.2) is 13.1 Å². The predicted molar refractivity (Wildman–Crippen MR) is 77.1 cm³/mol. The summed E-state index contributed by atoms with van der Waals surface area (Å²) in [5.41, 5.74) is 0. The van der Waals surface area contributed by atoms with Crippen molar-refractivity contribution in [1.82, 2.24) is 14.9 Å². The molecular formula is C13H19N3O4S. The summed E-state index contributed by atoms with van der Waals surface area (Å²) in [6, 6.07) is 4.64. The Balaban J connectivity index is 1.58. The number of nitrogens with zero attached hydrogens (tertiary/aromatic N) is 1. The van der Waals surface area contributed by atoms with Gasteiger partial charge in [0, 0.05) is 45.3 Å². The third-order valence-corrected chi connectivity index (χ3v) is 5.04. The summed E-state index contributed by atoms with van der Waals surface area (Å²) < 4.78 is 37.5. The lowest BCUT2D eigenvalue weighted by Gasteiger charge is -2.27. The monoisotopic (exact) mass is 313 g/mol. The summed E-state index contributed by atoms with van der Waals surface area (Å²) in [5.74, 6) is 1.05. The van der Waals surface area contributed by atoms with Gasteiger partial charge in [-0.3, -0.25) is 4.90 Å². The average molecular weight is 313 g/mol. The number of hydrogen-bond donors (Lipinski definition) is 2. The minimum absolute atomic E-state index is 0.134. The van der Waals surface area contributed by atoms with Crippen LogP contribution in [-0.2, 0) is 10.0 Å². The Morgan fingerprint density at radius 2 is 1.95 bits per heavy atom. The quantitative estimate of drug-likeness (QED) is 0.770. The first-order chi connectivity index (χ1) is 10.1. The van der Waals surface area contributed by atoms with Gasteiger partial charge in [0.05, 0.1) is 4.90 Å². The van der Waals surface area contributed by atoms with Gasteiger partial charge in [-0.2, -0.15) is 0 Å². The molecule has 0 aromatic heterocycles. The molecule has 2 aliphatic rings. The molecule has 8 heteroatoms. The highest BCUT2D eigenvalue weighted by molar-refractivity contribution is 7.89. The lowest BCUT2D eigenvalue weighted by atomic mass is 10.3. The minimum Gasteiger partial charge on any atom is -0.454 e. The number of rotatable bonds is 5. The second kappa shape index (κ2) is 6.18. The summed E-state index contributed by atoms with van der Waals surface area (Å²) >= 11 is 0. The number of piperazine rings is 1. The number of sulfonamides is 1. The van der Waals surface area contributed by atoms with Gasteiger partial charge in [0.2, 0.25) is 16.8 Å². The number of hydrogen-bond acceptors (Lipinski definition) is 6. The molecule has 1 aromatic carbocycles. The number of ether oxygens (including phenoxy) is 2. The van der Waals surface area contributed by atoms with Crippen LogP contribution in [-0.4, -0.2) is 59.4 Å². The van der Waals surface area contributed by atoms with Crippen LogP contribution in [0.1, 0.15) is 0 Å². The lowest BCUT2D eigenvalue weighted by Crippen LogP contribution is -2.46. The maximum Gasteiger partial charge on any atom is 0.240 e. The van der Waals surface area contributed by atoms with Crippen molar-refractivity contribution >= 4 is 10.0 Å². The van der Waals surface area contributed by atoms with E-state index in [4.69, 9.17) is 9.47 Å². The van der Waals surface area contributed by atoms with Crippen LogP contribution in [0.5, 0.6) is 11.5 Å². The second-order valence-electron chi connectivity index (χ2n) is 5.00. The molecule has 0 bridgehead atoms. The van der Waals surface area contributed by atoms with Crippen LogP contribution in [0.3, 0.4) is 0 Å². The van der Waals surface area contributed by atoms with E-state index in [0.717, 1.165) is 26.2 Å². The van der Waals surface area contributed by atoms with Gasteiger partial charge in [-0.1, -0.05) is 0 Å². The first-order valence-corrected chi connectivity index (χ1v) is 8.46. The molecule has 7 nitrogen and oxygen atoms in total. The van der Waals surface area contributed by atoms with Crippen molar-refractivity contribution in [3.63, 3.8) is 0 Å². The molecule has 0 saturated carbocycles. The molecule has 2 N–H and O–H groups in total. The van der Waals surface area contributed by atoms with Crippen LogP contribution in [0, 0.1) is 0 Å². The van der Waals surface area contributed by atoms with Gasteiger partial charge in [-0.15, -0.1) is 0 Å². The third-order valence-electron chi connectivity index (χ3n) is 3.58. The first kappa shape index (κ1) is 14.6. The zero-order valence-electron chi connectivity index (χ0n) is 11.7. The molecule has 0 unspecified atom stereocenters. The van der Waals surface area contributed by atoms with E-state index in [0.29, 0.717) is 24.6 Å². The lowest BCUT2D eigenvalue weighted by molar-refractivity contribution is 0.174. The van der Waals surface area contributed by atoms with E-state index in [1.54, 1.807) is 6.07 Å². The van der Waals surface area contributed by atoms with Gasteiger partial charge in [-0.05, 0) is 12.1 Å². The molecule has 0 atom stereocenters. The highest BCUT2D eigenvalue weighted by atomic mass is 32.2. The molecule has 0 amide bonds.